The Bertz CT molecular complexity index is 1310. The van der Waals surface area contributed by atoms with E-state index in [9.17, 15) is 0 Å². The Morgan fingerprint density at radius 3 is 2.49 bits per heavy atom. The smallest absolute Gasteiger partial charge is 0.125 e. The van der Waals surface area contributed by atoms with Crippen LogP contribution < -0.4 is 0 Å². The van der Waals surface area contributed by atoms with E-state index in [-0.39, 0.29) is 0 Å². The topological polar surface area (TPSA) is 41.4 Å². The van der Waals surface area contributed by atoms with Crippen molar-refractivity contribution in [2.75, 3.05) is 14.1 Å². The molecule has 35 heavy (non-hydrogen) atoms. The van der Waals surface area contributed by atoms with E-state index in [0.29, 0.717) is 5.92 Å². The predicted octanol–water partition coefficient (Wildman–Crippen LogP) is 7.26. The molecule has 1 aliphatic carbocycles. The van der Waals surface area contributed by atoms with E-state index in [0.717, 1.165) is 35.1 Å². The van der Waals surface area contributed by atoms with Gasteiger partial charge in [-0.15, -0.1) is 0 Å². The molecule has 3 aromatic carbocycles. The molecule has 5 heteroatoms. The van der Waals surface area contributed by atoms with Crippen molar-refractivity contribution in [1.29, 1.82) is 0 Å². The van der Waals surface area contributed by atoms with Gasteiger partial charge in [-0.3, -0.25) is 0 Å². The van der Waals surface area contributed by atoms with Crippen molar-refractivity contribution in [2.24, 2.45) is 4.99 Å². The largest absolute Gasteiger partial charge is 0.369 e. The highest BCUT2D eigenvalue weighted by Crippen LogP contribution is 2.41. The maximum absolute atomic E-state index is 5.72. The molecular weight excluding hydrogens is 452 g/mol. The van der Waals surface area contributed by atoms with Crippen molar-refractivity contribution in [3.63, 3.8) is 0 Å². The fraction of sp³-hybridized carbons (Fsp3) is 0.233. The Kier molecular flexibility index (Phi) is 7.94. The van der Waals surface area contributed by atoms with E-state index >= 15 is 0 Å². The lowest BCUT2D eigenvalue weighted by Gasteiger charge is -2.27. The lowest BCUT2D eigenvalue weighted by atomic mass is 9.78. The Balaban J connectivity index is 0.000000271. The van der Waals surface area contributed by atoms with Crippen LogP contribution in [0.4, 0.5) is 5.69 Å². The van der Waals surface area contributed by atoms with Crippen LogP contribution in [0.15, 0.2) is 84.0 Å². The number of aryl methyl sites for hydroxylation is 2. The third kappa shape index (κ3) is 6.14. The second-order valence-corrected chi connectivity index (χ2v) is 9.35. The number of rotatable bonds is 4. The van der Waals surface area contributed by atoms with Crippen molar-refractivity contribution in [1.82, 2.24) is 14.9 Å². The average Bonchev–Trinajstić information content (AvgIpc) is 2.88. The molecule has 0 amide bonds. The molecule has 4 nitrogen and oxygen atoms in total. The van der Waals surface area contributed by atoms with E-state index in [4.69, 9.17) is 16.6 Å². The molecule has 0 radical (unpaired) electrons. The number of benzene rings is 3. The zero-order valence-corrected chi connectivity index (χ0v) is 21.5. The molecule has 0 fully saturated rings. The number of hydrogen-bond acceptors (Lipinski definition) is 3. The maximum Gasteiger partial charge on any atom is 0.125 e. The van der Waals surface area contributed by atoms with Gasteiger partial charge < -0.3 is 4.90 Å². The van der Waals surface area contributed by atoms with Gasteiger partial charge in [0.2, 0.25) is 0 Å². The summed E-state index contributed by atoms with van der Waals surface area (Å²) in [6, 6.07) is 25.0. The summed E-state index contributed by atoms with van der Waals surface area (Å²) >= 11 is 5.72. The van der Waals surface area contributed by atoms with E-state index in [2.05, 4.69) is 71.5 Å². The van der Waals surface area contributed by atoms with Gasteiger partial charge in [0, 0.05) is 36.8 Å². The normalized spacial score (nSPS) is 14.0. The highest BCUT2D eigenvalue weighted by molar-refractivity contribution is 6.30. The number of fused-ring (bicyclic) bond motifs is 3. The number of aromatic nitrogens is 2. The molecule has 1 aromatic heterocycles. The Morgan fingerprint density at radius 2 is 1.80 bits per heavy atom. The summed E-state index contributed by atoms with van der Waals surface area (Å²) in [7, 11) is 3.94. The third-order valence-electron chi connectivity index (χ3n) is 6.03. The van der Waals surface area contributed by atoms with E-state index in [1.807, 2.05) is 56.7 Å². The first kappa shape index (κ1) is 24.6. The summed E-state index contributed by atoms with van der Waals surface area (Å²) in [5.74, 6) is 1.14. The standard InChI is InChI=1S/C22H22N4.C8H9Cl/c1-15-23-13-17-12-21(19-6-4-5-7-20(19)22(17)25-15)16-8-10-18(11-9-16)24-14-26(2)3;1-2-7-4-3-5-8(9)6-7/h4-11,13-14,21H,12H2,1-3H3;3-6H,2H2,1H3. The lowest BCUT2D eigenvalue weighted by molar-refractivity contribution is 0.643. The van der Waals surface area contributed by atoms with E-state index < -0.39 is 0 Å². The van der Waals surface area contributed by atoms with Crippen LogP contribution in [0.2, 0.25) is 5.02 Å². The van der Waals surface area contributed by atoms with Crippen LogP contribution in [0.5, 0.6) is 0 Å². The number of halogens is 1. The minimum absolute atomic E-state index is 0.317. The Labute approximate surface area is 213 Å². The molecule has 0 aliphatic heterocycles. The number of hydrogen-bond donors (Lipinski definition) is 0. The second-order valence-electron chi connectivity index (χ2n) is 8.92. The molecule has 1 aliphatic rings. The molecule has 0 bridgehead atoms. The monoisotopic (exact) mass is 482 g/mol. The van der Waals surface area contributed by atoms with Gasteiger partial charge >= 0.3 is 0 Å². The molecule has 0 saturated heterocycles. The minimum Gasteiger partial charge on any atom is -0.369 e. The zero-order valence-electron chi connectivity index (χ0n) is 20.7. The van der Waals surface area contributed by atoms with Crippen molar-refractivity contribution < 1.29 is 0 Å². The molecule has 5 rings (SSSR count). The van der Waals surface area contributed by atoms with Crippen LogP contribution in [-0.4, -0.2) is 35.3 Å². The molecule has 4 aromatic rings. The summed E-state index contributed by atoms with van der Waals surface area (Å²) < 4.78 is 0. The summed E-state index contributed by atoms with van der Waals surface area (Å²) in [4.78, 5) is 15.5. The van der Waals surface area contributed by atoms with Crippen LogP contribution >= 0.6 is 11.6 Å². The number of nitrogens with zero attached hydrogens (tertiary/aromatic N) is 4. The van der Waals surface area contributed by atoms with Gasteiger partial charge in [-0.25, -0.2) is 15.0 Å². The summed E-state index contributed by atoms with van der Waals surface area (Å²) in [5.41, 5.74) is 8.41. The quantitative estimate of drug-likeness (QED) is 0.227. The molecule has 0 N–H and O–H groups in total. The average molecular weight is 483 g/mol. The highest BCUT2D eigenvalue weighted by atomic mass is 35.5. The summed E-state index contributed by atoms with van der Waals surface area (Å²) in [6.07, 6.45) is 5.78. The molecule has 1 unspecified atom stereocenters. The molecule has 0 spiro atoms. The van der Waals surface area contributed by atoms with Crippen LogP contribution in [0.3, 0.4) is 0 Å². The van der Waals surface area contributed by atoms with Gasteiger partial charge in [-0.1, -0.05) is 67.1 Å². The molecule has 1 heterocycles. The minimum atomic E-state index is 0.317. The zero-order chi connectivity index (χ0) is 24.8. The molecule has 1 atom stereocenters. The van der Waals surface area contributed by atoms with Gasteiger partial charge in [-0.05, 0) is 66.3 Å². The van der Waals surface area contributed by atoms with Gasteiger partial charge in [0.05, 0.1) is 17.7 Å². The second kappa shape index (κ2) is 11.3. The van der Waals surface area contributed by atoms with Gasteiger partial charge in [0.25, 0.3) is 0 Å². The SMILES string of the molecule is CCc1cccc(Cl)c1.Cc1ncc2c(n1)-c1ccccc1C(c1ccc(N=CN(C)C)cc1)C2. The first-order chi connectivity index (χ1) is 16.9. The van der Waals surface area contributed by atoms with E-state index in [1.165, 1.54) is 27.8 Å². The Morgan fingerprint density at radius 1 is 1.03 bits per heavy atom. The summed E-state index contributed by atoms with van der Waals surface area (Å²) in [6.45, 7) is 4.06. The number of aliphatic imine (C=N–C) groups is 1. The predicted molar refractivity (Wildman–Crippen MR) is 147 cm³/mol. The van der Waals surface area contributed by atoms with Crippen molar-refractivity contribution in [3.05, 3.63) is 112 Å². The van der Waals surface area contributed by atoms with Crippen LogP contribution in [0.25, 0.3) is 11.3 Å². The van der Waals surface area contributed by atoms with E-state index in [1.54, 1.807) is 0 Å². The summed E-state index contributed by atoms with van der Waals surface area (Å²) in [5, 5.41) is 0.828. The van der Waals surface area contributed by atoms with Crippen molar-refractivity contribution in [2.45, 2.75) is 32.6 Å². The highest BCUT2D eigenvalue weighted by Gasteiger charge is 2.27. The van der Waals surface area contributed by atoms with Crippen molar-refractivity contribution >= 4 is 23.6 Å². The van der Waals surface area contributed by atoms with Crippen LogP contribution in [0, 0.1) is 6.92 Å². The van der Waals surface area contributed by atoms with Gasteiger partial charge in [0.15, 0.2) is 0 Å². The molecule has 0 saturated carbocycles. The first-order valence-corrected chi connectivity index (χ1v) is 12.3. The third-order valence-corrected chi connectivity index (χ3v) is 6.27. The van der Waals surface area contributed by atoms with Crippen LogP contribution in [-0.2, 0) is 12.8 Å². The molecular formula is C30H31ClN4. The molecule has 178 valence electrons. The fourth-order valence-electron chi connectivity index (χ4n) is 4.25. The van der Waals surface area contributed by atoms with Gasteiger partial charge in [-0.2, -0.15) is 0 Å². The van der Waals surface area contributed by atoms with Crippen LogP contribution in [0.1, 0.15) is 40.9 Å². The van der Waals surface area contributed by atoms with Crippen molar-refractivity contribution in [3.8, 4) is 11.3 Å². The lowest BCUT2D eigenvalue weighted by Crippen LogP contribution is -2.14. The maximum atomic E-state index is 5.72. The Hall–Kier alpha value is -3.50. The first-order valence-electron chi connectivity index (χ1n) is 11.9. The van der Waals surface area contributed by atoms with Gasteiger partial charge in [0.1, 0.15) is 5.82 Å². The fourth-order valence-corrected chi connectivity index (χ4v) is 4.47.